The summed E-state index contributed by atoms with van der Waals surface area (Å²) in [5.41, 5.74) is 6.67. The van der Waals surface area contributed by atoms with Gasteiger partial charge in [0, 0.05) is 16.8 Å². The monoisotopic (exact) mass is 455 g/mol. The Balaban J connectivity index is 1.44. The standard InChI is InChI=1S/C27H29N5O2/c1-16-25(32-27(2,3)4)31-23-18(11-8-12-20(23)28-16)21-13-19-24(29-21)22(30-26(19)33)15-34-14-17-9-6-5-7-10-17/h5-13,22,29H,14-15H2,1-4H3,(H,30,33)(H,31,32)/t22-/m1/s1. The Morgan fingerprint density at radius 3 is 2.59 bits per heavy atom. The van der Waals surface area contributed by atoms with Gasteiger partial charge in [0.25, 0.3) is 5.91 Å². The number of benzene rings is 2. The first kappa shape index (κ1) is 22.1. The second-order valence-electron chi connectivity index (χ2n) is 9.74. The van der Waals surface area contributed by atoms with Crippen molar-refractivity contribution in [2.24, 2.45) is 0 Å². The molecular weight excluding hydrogens is 426 g/mol. The average Bonchev–Trinajstić information content (AvgIpc) is 3.35. The lowest BCUT2D eigenvalue weighted by Crippen LogP contribution is -2.27. The molecule has 2 aromatic carbocycles. The van der Waals surface area contributed by atoms with Gasteiger partial charge in [0.05, 0.1) is 41.7 Å². The molecule has 0 aliphatic carbocycles. The molecule has 1 amide bonds. The van der Waals surface area contributed by atoms with Gasteiger partial charge in [-0.2, -0.15) is 0 Å². The Morgan fingerprint density at radius 1 is 1.03 bits per heavy atom. The number of anilines is 1. The molecule has 0 spiro atoms. The van der Waals surface area contributed by atoms with Crippen molar-refractivity contribution in [3.05, 3.63) is 77.1 Å². The highest BCUT2D eigenvalue weighted by atomic mass is 16.5. The van der Waals surface area contributed by atoms with Gasteiger partial charge in [-0.15, -0.1) is 0 Å². The Labute approximate surface area is 199 Å². The molecule has 0 saturated carbocycles. The Hall–Kier alpha value is -3.71. The van der Waals surface area contributed by atoms with E-state index in [-0.39, 0.29) is 17.5 Å². The van der Waals surface area contributed by atoms with E-state index < -0.39 is 0 Å². The third-order valence-corrected chi connectivity index (χ3v) is 5.80. The molecule has 2 aromatic heterocycles. The fourth-order valence-electron chi connectivity index (χ4n) is 4.24. The zero-order valence-corrected chi connectivity index (χ0v) is 19.9. The SMILES string of the molecule is Cc1nc2cccc(-c3cc4c([nH]3)[C@@H](COCc3ccccc3)NC4=O)c2nc1NC(C)(C)C. The van der Waals surface area contributed by atoms with Crippen molar-refractivity contribution >= 4 is 22.8 Å². The fraction of sp³-hybridized carbons (Fsp3) is 0.296. The van der Waals surface area contributed by atoms with Crippen LogP contribution in [0.1, 0.15) is 54.1 Å². The zero-order chi connectivity index (χ0) is 23.9. The normalized spacial score (nSPS) is 15.4. The van der Waals surface area contributed by atoms with E-state index in [4.69, 9.17) is 14.7 Å². The summed E-state index contributed by atoms with van der Waals surface area (Å²) >= 11 is 0. The van der Waals surface area contributed by atoms with Crippen LogP contribution in [-0.4, -0.2) is 33.0 Å². The first-order valence-corrected chi connectivity index (χ1v) is 11.5. The van der Waals surface area contributed by atoms with E-state index in [1.807, 2.05) is 61.5 Å². The average molecular weight is 456 g/mol. The Bertz CT molecular complexity index is 1350. The number of H-pyrrole nitrogens is 1. The van der Waals surface area contributed by atoms with Gasteiger partial charge >= 0.3 is 0 Å². The predicted octanol–water partition coefficient (Wildman–Crippen LogP) is 5.15. The number of aryl methyl sites for hydroxylation is 1. The van der Waals surface area contributed by atoms with E-state index in [9.17, 15) is 4.79 Å². The summed E-state index contributed by atoms with van der Waals surface area (Å²) in [4.78, 5) is 25.8. The van der Waals surface area contributed by atoms with Crippen molar-refractivity contribution in [3.63, 3.8) is 0 Å². The number of hydrogen-bond donors (Lipinski definition) is 3. The highest BCUT2D eigenvalue weighted by Gasteiger charge is 2.31. The molecule has 7 nitrogen and oxygen atoms in total. The largest absolute Gasteiger partial charge is 0.374 e. The number of nitrogens with one attached hydrogen (secondary N) is 3. The first-order chi connectivity index (χ1) is 16.3. The molecule has 7 heteroatoms. The second kappa shape index (κ2) is 8.57. The minimum absolute atomic E-state index is 0.0944. The number of rotatable bonds is 6. The first-order valence-electron chi connectivity index (χ1n) is 11.5. The molecule has 0 fully saturated rings. The predicted molar refractivity (Wildman–Crippen MR) is 134 cm³/mol. The number of fused-ring (bicyclic) bond motifs is 2. The maximum Gasteiger partial charge on any atom is 0.253 e. The van der Waals surface area contributed by atoms with Crippen LogP contribution in [0.2, 0.25) is 0 Å². The van der Waals surface area contributed by atoms with Crippen LogP contribution in [0.3, 0.4) is 0 Å². The molecule has 34 heavy (non-hydrogen) atoms. The van der Waals surface area contributed by atoms with Gasteiger partial charge in [-0.25, -0.2) is 9.97 Å². The highest BCUT2D eigenvalue weighted by molar-refractivity contribution is 6.01. The lowest BCUT2D eigenvalue weighted by Gasteiger charge is -2.22. The van der Waals surface area contributed by atoms with Crippen LogP contribution in [0.25, 0.3) is 22.3 Å². The smallest absolute Gasteiger partial charge is 0.253 e. The number of aromatic amines is 1. The van der Waals surface area contributed by atoms with E-state index in [1.165, 1.54) is 0 Å². The number of aromatic nitrogens is 3. The summed E-state index contributed by atoms with van der Waals surface area (Å²) in [6, 6.07) is 17.6. The number of amides is 1. The van der Waals surface area contributed by atoms with E-state index in [2.05, 4.69) is 36.4 Å². The van der Waals surface area contributed by atoms with Gasteiger partial charge in [-0.3, -0.25) is 4.79 Å². The van der Waals surface area contributed by atoms with E-state index >= 15 is 0 Å². The summed E-state index contributed by atoms with van der Waals surface area (Å²) in [7, 11) is 0. The number of nitrogens with zero attached hydrogens (tertiary/aromatic N) is 2. The molecule has 1 aliphatic heterocycles. The number of para-hydroxylation sites is 1. The van der Waals surface area contributed by atoms with Crippen LogP contribution in [0, 0.1) is 6.92 Å². The van der Waals surface area contributed by atoms with E-state index in [1.54, 1.807) is 0 Å². The summed E-state index contributed by atoms with van der Waals surface area (Å²) in [6.07, 6.45) is 0. The molecule has 1 atom stereocenters. The van der Waals surface area contributed by atoms with Crippen LogP contribution in [0.15, 0.2) is 54.6 Å². The van der Waals surface area contributed by atoms with E-state index in [0.29, 0.717) is 18.8 Å². The van der Waals surface area contributed by atoms with Crippen molar-refractivity contribution in [1.82, 2.24) is 20.3 Å². The van der Waals surface area contributed by atoms with Crippen molar-refractivity contribution in [2.45, 2.75) is 45.9 Å². The van der Waals surface area contributed by atoms with Crippen molar-refractivity contribution < 1.29 is 9.53 Å². The fourth-order valence-corrected chi connectivity index (χ4v) is 4.24. The molecule has 1 aliphatic rings. The minimum atomic E-state index is -0.221. The quantitative estimate of drug-likeness (QED) is 0.374. The summed E-state index contributed by atoms with van der Waals surface area (Å²) in [6.45, 7) is 9.13. The molecule has 3 N–H and O–H groups in total. The number of carbonyl (C=O) groups excluding carboxylic acids is 1. The van der Waals surface area contributed by atoms with Gasteiger partial charge in [0.1, 0.15) is 11.3 Å². The third-order valence-electron chi connectivity index (χ3n) is 5.80. The lowest BCUT2D eigenvalue weighted by molar-refractivity contribution is 0.0840. The maximum atomic E-state index is 12.6. The van der Waals surface area contributed by atoms with Crippen LogP contribution in [0.4, 0.5) is 5.82 Å². The van der Waals surface area contributed by atoms with E-state index in [0.717, 1.165) is 45.1 Å². The van der Waals surface area contributed by atoms with Gasteiger partial charge in [-0.05, 0) is 45.4 Å². The third kappa shape index (κ3) is 4.39. The molecule has 0 radical (unpaired) electrons. The van der Waals surface area contributed by atoms with Crippen LogP contribution >= 0.6 is 0 Å². The summed E-state index contributed by atoms with van der Waals surface area (Å²) in [5.74, 6) is 0.666. The molecule has 174 valence electrons. The molecule has 5 rings (SSSR count). The molecule has 4 aromatic rings. The van der Waals surface area contributed by atoms with Gasteiger partial charge in [-0.1, -0.05) is 42.5 Å². The minimum Gasteiger partial charge on any atom is -0.374 e. The van der Waals surface area contributed by atoms with Gasteiger partial charge in [0.2, 0.25) is 0 Å². The molecular formula is C27H29N5O2. The Kier molecular flexibility index (Phi) is 5.57. The van der Waals surface area contributed by atoms with Crippen LogP contribution < -0.4 is 10.6 Å². The number of carbonyl (C=O) groups is 1. The molecule has 3 heterocycles. The van der Waals surface area contributed by atoms with Crippen LogP contribution in [-0.2, 0) is 11.3 Å². The topological polar surface area (TPSA) is 91.9 Å². The maximum absolute atomic E-state index is 12.6. The molecule has 0 bridgehead atoms. The van der Waals surface area contributed by atoms with Gasteiger partial charge < -0.3 is 20.4 Å². The zero-order valence-electron chi connectivity index (χ0n) is 19.9. The van der Waals surface area contributed by atoms with Gasteiger partial charge in [0.15, 0.2) is 0 Å². The number of ether oxygens (including phenoxy) is 1. The summed E-state index contributed by atoms with van der Waals surface area (Å²) < 4.78 is 5.90. The summed E-state index contributed by atoms with van der Waals surface area (Å²) in [5, 5.41) is 6.46. The van der Waals surface area contributed by atoms with Crippen molar-refractivity contribution in [1.29, 1.82) is 0 Å². The second-order valence-corrected chi connectivity index (χ2v) is 9.74. The number of hydrogen-bond acceptors (Lipinski definition) is 5. The van der Waals surface area contributed by atoms with Crippen molar-refractivity contribution in [3.8, 4) is 11.3 Å². The molecule has 0 saturated heterocycles. The Morgan fingerprint density at radius 2 is 1.82 bits per heavy atom. The van der Waals surface area contributed by atoms with Crippen LogP contribution in [0.5, 0.6) is 0 Å². The highest BCUT2D eigenvalue weighted by Crippen LogP contribution is 2.34. The van der Waals surface area contributed by atoms with Crippen molar-refractivity contribution in [2.75, 3.05) is 11.9 Å². The lowest BCUT2D eigenvalue weighted by atomic mass is 10.1. The molecule has 0 unspecified atom stereocenters.